The first-order valence-corrected chi connectivity index (χ1v) is 27.3. The van der Waals surface area contributed by atoms with Crippen LogP contribution in [-0.4, -0.2) is 68.8 Å². The molecule has 1 heterocycles. The van der Waals surface area contributed by atoms with Crippen LogP contribution in [0.1, 0.15) is 86.6 Å². The summed E-state index contributed by atoms with van der Waals surface area (Å²) in [5.74, 6) is 0.374. The number of allylic oxidation sites excluding steroid dienone is 4. The quantitative estimate of drug-likeness (QED) is 0.0909. The van der Waals surface area contributed by atoms with Crippen molar-refractivity contribution in [3.05, 3.63) is 82.5 Å². The van der Waals surface area contributed by atoms with Crippen LogP contribution < -0.4 is 0 Å². The lowest BCUT2D eigenvalue weighted by atomic mass is 9.75. The third-order valence-corrected chi connectivity index (χ3v) is 14.5. The highest BCUT2D eigenvalue weighted by atomic mass is 28.4. The van der Waals surface area contributed by atoms with Gasteiger partial charge in [0.1, 0.15) is 11.9 Å². The molecule has 9 atom stereocenters. The SMILES string of the molecule is C=C(C[C@@H](C)C(=O)C(C)(C)O[Si](C)(C)C)[C@H]1C[C@@H](C)C(C)=C1C=O.C=C1C[C@@H](OCc2ccccc2)[C@@]2(O)[C@@H](OC(=O)[C@@]2(C)O[Si](C)(C)C)C2=C(C)[C@H](C)C[C@H]12. The van der Waals surface area contributed by atoms with Gasteiger partial charge in [-0.25, -0.2) is 4.79 Å². The summed E-state index contributed by atoms with van der Waals surface area (Å²) in [7, 11) is -4.03. The molecule has 4 aliphatic rings. The lowest BCUT2D eigenvalue weighted by molar-refractivity contribution is -0.192. The molecule has 0 spiro atoms. The summed E-state index contributed by atoms with van der Waals surface area (Å²) < 4.78 is 24.9. The molecule has 310 valence electrons. The Bertz CT molecular complexity index is 1750. The highest BCUT2D eigenvalue weighted by Gasteiger charge is 2.73. The Morgan fingerprint density at radius 1 is 1.04 bits per heavy atom. The second kappa shape index (κ2) is 16.9. The molecule has 0 amide bonds. The number of ether oxygens (including phenoxy) is 2. The predicted molar refractivity (Wildman–Crippen MR) is 229 cm³/mol. The van der Waals surface area contributed by atoms with Gasteiger partial charge in [0.15, 0.2) is 39.7 Å². The standard InChI is InChI=1S/C26H36O5Si.C20H34O3Si/c1-16-13-20-17(2)14-21(29-15-19-11-9-8-10-12-19)26(28)23(22(20)18(16)3)30-24(27)25(26,4)31-32(5,6)7;1-13-11-17(18(12-21)16(13)4)14(2)10-15(3)19(22)20(5,6)23-24(7,8)9/h8-12,16,20-21,23,28H,2,13-15H2,1,3-7H3;12-13,15,17H,2,10-11H2,1,3-9H3/t16-,20-,21-,23+,25-,26-;13-,15-,17-/m11/s1. The van der Waals surface area contributed by atoms with Crippen molar-refractivity contribution in [2.45, 2.75) is 156 Å². The van der Waals surface area contributed by atoms with E-state index in [1.807, 2.05) is 77.7 Å². The van der Waals surface area contributed by atoms with E-state index in [9.17, 15) is 19.5 Å². The number of carbonyl (C=O) groups is 3. The number of benzene rings is 1. The van der Waals surface area contributed by atoms with E-state index in [-0.39, 0.29) is 23.5 Å². The molecule has 0 aromatic heterocycles. The van der Waals surface area contributed by atoms with E-state index in [2.05, 4.69) is 53.6 Å². The van der Waals surface area contributed by atoms with Crippen molar-refractivity contribution in [2.24, 2.45) is 29.6 Å². The van der Waals surface area contributed by atoms with Crippen LogP contribution in [0.4, 0.5) is 0 Å². The molecule has 0 unspecified atom stereocenters. The number of Topliss-reactive ketones (excluding diaryl/α,β-unsaturated/α-hetero) is 1. The van der Waals surface area contributed by atoms with Crippen LogP contribution in [0.25, 0.3) is 0 Å². The van der Waals surface area contributed by atoms with Gasteiger partial charge in [-0.2, -0.15) is 0 Å². The Hall–Kier alpha value is -2.74. The number of esters is 1. The van der Waals surface area contributed by atoms with Crippen molar-refractivity contribution in [1.82, 2.24) is 0 Å². The van der Waals surface area contributed by atoms with E-state index in [4.69, 9.17) is 18.3 Å². The fourth-order valence-electron chi connectivity index (χ4n) is 9.54. The summed E-state index contributed by atoms with van der Waals surface area (Å²) in [6.07, 6.45) is 2.39. The summed E-state index contributed by atoms with van der Waals surface area (Å²) in [4.78, 5) is 37.6. The van der Waals surface area contributed by atoms with Crippen molar-refractivity contribution in [3.63, 3.8) is 0 Å². The predicted octanol–water partition coefficient (Wildman–Crippen LogP) is 9.71. The summed E-state index contributed by atoms with van der Waals surface area (Å²) >= 11 is 0. The van der Waals surface area contributed by atoms with Crippen LogP contribution in [0.15, 0.2) is 76.9 Å². The molecule has 1 saturated heterocycles. The van der Waals surface area contributed by atoms with Crippen molar-refractivity contribution in [2.75, 3.05) is 0 Å². The maximum atomic E-state index is 13.4. The normalized spacial score (nSPS) is 31.3. The smallest absolute Gasteiger partial charge is 0.341 e. The molecule has 1 aromatic carbocycles. The van der Waals surface area contributed by atoms with E-state index in [0.29, 0.717) is 31.3 Å². The van der Waals surface area contributed by atoms with Gasteiger partial charge in [-0.05, 0) is 128 Å². The molecule has 1 N–H and O–H groups in total. The van der Waals surface area contributed by atoms with Gasteiger partial charge in [0, 0.05) is 17.8 Å². The summed E-state index contributed by atoms with van der Waals surface area (Å²) in [5, 5.41) is 12.5. The number of fused-ring (bicyclic) bond motifs is 3. The maximum Gasteiger partial charge on any atom is 0.341 e. The molecule has 1 saturated carbocycles. The minimum atomic E-state index is -2.23. The third kappa shape index (κ3) is 9.42. The van der Waals surface area contributed by atoms with Gasteiger partial charge in [0.05, 0.1) is 12.7 Å². The van der Waals surface area contributed by atoms with Gasteiger partial charge in [-0.15, -0.1) is 0 Å². The second-order valence-corrected chi connectivity index (χ2v) is 28.5. The van der Waals surface area contributed by atoms with Crippen molar-refractivity contribution < 1.29 is 37.8 Å². The van der Waals surface area contributed by atoms with E-state index in [1.54, 1.807) is 6.92 Å². The summed E-state index contributed by atoms with van der Waals surface area (Å²) in [6, 6.07) is 9.86. The van der Waals surface area contributed by atoms with Crippen LogP contribution in [0.5, 0.6) is 0 Å². The lowest BCUT2D eigenvalue weighted by Gasteiger charge is -2.44. The zero-order chi connectivity index (χ0) is 42.3. The summed E-state index contributed by atoms with van der Waals surface area (Å²) in [6.45, 7) is 37.0. The average molecular weight is 807 g/mol. The van der Waals surface area contributed by atoms with Gasteiger partial charge in [-0.1, -0.05) is 86.6 Å². The zero-order valence-corrected chi connectivity index (χ0v) is 38.8. The van der Waals surface area contributed by atoms with Crippen molar-refractivity contribution in [1.29, 1.82) is 0 Å². The Kier molecular flexibility index (Phi) is 13.8. The van der Waals surface area contributed by atoms with Crippen molar-refractivity contribution in [3.8, 4) is 0 Å². The number of hydrogen-bond acceptors (Lipinski definition) is 8. The topological polar surface area (TPSA) is 108 Å². The molecule has 1 aromatic rings. The molecule has 8 nitrogen and oxygen atoms in total. The molecule has 3 aliphatic carbocycles. The first-order chi connectivity index (χ1) is 25.7. The molecule has 0 bridgehead atoms. The molecular formula is C46H70O8Si2. The van der Waals surface area contributed by atoms with Crippen LogP contribution in [0.3, 0.4) is 0 Å². The summed E-state index contributed by atoms with van der Waals surface area (Å²) in [5.41, 5.74) is 3.27. The minimum absolute atomic E-state index is 0.0777. The van der Waals surface area contributed by atoms with Gasteiger partial charge < -0.3 is 23.4 Å². The molecular weight excluding hydrogens is 737 g/mol. The van der Waals surface area contributed by atoms with Gasteiger partial charge in [0.2, 0.25) is 0 Å². The minimum Gasteiger partial charge on any atom is -0.452 e. The van der Waals surface area contributed by atoms with E-state index >= 15 is 0 Å². The maximum absolute atomic E-state index is 13.4. The third-order valence-electron chi connectivity index (χ3n) is 12.4. The van der Waals surface area contributed by atoms with E-state index < -0.39 is 51.6 Å². The fraction of sp³-hybridized carbons (Fsp3) is 0.630. The first kappa shape index (κ1) is 46.0. The first-order valence-electron chi connectivity index (χ1n) is 20.4. The van der Waals surface area contributed by atoms with E-state index in [1.165, 1.54) is 5.57 Å². The van der Waals surface area contributed by atoms with Gasteiger partial charge in [-0.3, -0.25) is 9.59 Å². The van der Waals surface area contributed by atoms with Gasteiger partial charge >= 0.3 is 5.97 Å². The molecule has 1 aliphatic heterocycles. The average Bonchev–Trinajstić information content (AvgIpc) is 3.59. The van der Waals surface area contributed by atoms with Crippen molar-refractivity contribution >= 4 is 34.7 Å². The monoisotopic (exact) mass is 806 g/mol. The number of rotatable bonds is 13. The molecule has 2 fully saturated rings. The number of hydrogen-bond donors (Lipinski definition) is 1. The van der Waals surface area contributed by atoms with Crippen LogP contribution >= 0.6 is 0 Å². The Balaban J connectivity index is 0.000000261. The number of ketones is 1. The van der Waals surface area contributed by atoms with Crippen LogP contribution in [0.2, 0.25) is 39.3 Å². The Labute approximate surface area is 339 Å². The highest BCUT2D eigenvalue weighted by Crippen LogP contribution is 2.56. The van der Waals surface area contributed by atoms with Crippen LogP contribution in [-0.2, 0) is 39.3 Å². The van der Waals surface area contributed by atoms with Gasteiger partial charge in [0.25, 0.3) is 0 Å². The molecule has 5 rings (SSSR count). The Morgan fingerprint density at radius 2 is 1.62 bits per heavy atom. The largest absolute Gasteiger partial charge is 0.452 e. The van der Waals surface area contributed by atoms with E-state index in [0.717, 1.165) is 52.6 Å². The molecule has 56 heavy (non-hydrogen) atoms. The fourth-order valence-corrected chi connectivity index (χ4v) is 12.6. The number of carbonyl (C=O) groups excluding carboxylic acids is 3. The zero-order valence-electron chi connectivity index (χ0n) is 36.8. The Morgan fingerprint density at radius 3 is 2.18 bits per heavy atom. The number of aldehydes is 1. The molecule has 10 heteroatoms. The van der Waals surface area contributed by atoms with Crippen LogP contribution in [0, 0.1) is 29.6 Å². The lowest BCUT2D eigenvalue weighted by Crippen LogP contribution is -2.66. The number of aliphatic hydroxyl groups is 1. The molecule has 0 radical (unpaired) electrons. The second-order valence-electron chi connectivity index (χ2n) is 19.6. The highest BCUT2D eigenvalue weighted by molar-refractivity contribution is 6.70.